The topological polar surface area (TPSA) is 12.4 Å². The van der Waals surface area contributed by atoms with Crippen molar-refractivity contribution in [2.75, 3.05) is 0 Å². The maximum atomic E-state index is 5.07. The van der Waals surface area contributed by atoms with E-state index in [1.54, 1.807) is 0 Å². The first-order valence-electron chi connectivity index (χ1n) is 10.5. The molecule has 0 bridgehead atoms. The van der Waals surface area contributed by atoms with Crippen LogP contribution in [0.5, 0.6) is 0 Å². The van der Waals surface area contributed by atoms with Crippen molar-refractivity contribution >= 4 is 11.4 Å². The third-order valence-electron chi connectivity index (χ3n) is 6.44. The highest BCUT2D eigenvalue weighted by Gasteiger charge is 2.37. The molecule has 0 radical (unpaired) electrons. The summed E-state index contributed by atoms with van der Waals surface area (Å²) in [6.07, 6.45) is 8.30. The summed E-state index contributed by atoms with van der Waals surface area (Å²) in [6.45, 7) is 18.4. The van der Waals surface area contributed by atoms with Gasteiger partial charge in [-0.25, -0.2) is 0 Å². The molecule has 0 spiro atoms. The van der Waals surface area contributed by atoms with Gasteiger partial charge in [-0.15, -0.1) is 0 Å². The van der Waals surface area contributed by atoms with Crippen molar-refractivity contribution in [3.05, 3.63) is 41.0 Å². The van der Waals surface area contributed by atoms with Gasteiger partial charge in [-0.1, -0.05) is 66.2 Å². The van der Waals surface area contributed by atoms with E-state index in [2.05, 4.69) is 79.7 Å². The van der Waals surface area contributed by atoms with Gasteiger partial charge >= 0.3 is 0 Å². The molecule has 1 aliphatic rings. The second-order valence-corrected chi connectivity index (χ2v) is 9.35. The van der Waals surface area contributed by atoms with E-state index in [-0.39, 0.29) is 10.8 Å². The van der Waals surface area contributed by atoms with Crippen molar-refractivity contribution in [2.24, 2.45) is 10.9 Å². The Kier molecular flexibility index (Phi) is 6.53. The lowest BCUT2D eigenvalue weighted by Gasteiger charge is -2.42. The summed E-state index contributed by atoms with van der Waals surface area (Å²) < 4.78 is 0. The Labute approximate surface area is 162 Å². The SMILES string of the molecule is C/C=C(\N=C(C)C(CC)CCC)c1ccc2c(c1)C(C)(C)CCC2(C)C. The number of fused-ring (bicyclic) bond motifs is 1. The first kappa shape index (κ1) is 20.9. The van der Waals surface area contributed by atoms with E-state index in [0.717, 1.165) is 5.70 Å². The van der Waals surface area contributed by atoms with E-state index in [9.17, 15) is 0 Å². The monoisotopic (exact) mass is 353 g/mol. The van der Waals surface area contributed by atoms with Crippen molar-refractivity contribution in [3.63, 3.8) is 0 Å². The fraction of sp³-hybridized carbons (Fsp3) is 0.640. The molecule has 0 aromatic heterocycles. The molecule has 26 heavy (non-hydrogen) atoms. The third-order valence-corrected chi connectivity index (χ3v) is 6.44. The minimum atomic E-state index is 0.243. The molecule has 0 amide bonds. The van der Waals surface area contributed by atoms with Gasteiger partial charge in [0, 0.05) is 11.3 Å². The van der Waals surface area contributed by atoms with Gasteiger partial charge < -0.3 is 0 Å². The Morgan fingerprint density at radius 2 is 1.69 bits per heavy atom. The molecule has 1 nitrogen and oxygen atoms in total. The highest BCUT2D eigenvalue weighted by atomic mass is 14.8. The molecule has 0 heterocycles. The molecular formula is C25H39N. The van der Waals surface area contributed by atoms with E-state index < -0.39 is 0 Å². The minimum absolute atomic E-state index is 0.243. The van der Waals surface area contributed by atoms with Crippen molar-refractivity contribution in [2.45, 2.75) is 98.3 Å². The minimum Gasteiger partial charge on any atom is -0.258 e. The zero-order valence-corrected chi connectivity index (χ0v) is 18.4. The van der Waals surface area contributed by atoms with E-state index in [1.807, 2.05) is 0 Å². The quantitative estimate of drug-likeness (QED) is 0.465. The van der Waals surface area contributed by atoms with Crippen LogP contribution >= 0.6 is 0 Å². The third kappa shape index (κ3) is 4.30. The van der Waals surface area contributed by atoms with Crippen LogP contribution in [0.1, 0.15) is 104 Å². The van der Waals surface area contributed by atoms with Crippen molar-refractivity contribution < 1.29 is 0 Å². The summed E-state index contributed by atoms with van der Waals surface area (Å²) in [4.78, 5) is 5.07. The van der Waals surface area contributed by atoms with E-state index in [4.69, 9.17) is 4.99 Å². The van der Waals surface area contributed by atoms with Crippen molar-refractivity contribution in [1.82, 2.24) is 0 Å². The average molecular weight is 354 g/mol. The lowest BCUT2D eigenvalue weighted by molar-refractivity contribution is 0.332. The molecule has 0 saturated carbocycles. The molecule has 0 saturated heterocycles. The normalized spacial score (nSPS) is 20.6. The molecule has 2 rings (SSSR count). The Balaban J connectivity index is 2.45. The highest BCUT2D eigenvalue weighted by molar-refractivity contribution is 5.89. The smallest absolute Gasteiger partial charge is 0.0658 e. The first-order valence-corrected chi connectivity index (χ1v) is 10.5. The Bertz CT molecular complexity index is 688. The average Bonchev–Trinajstić information content (AvgIpc) is 2.61. The van der Waals surface area contributed by atoms with Crippen LogP contribution in [0, 0.1) is 5.92 Å². The fourth-order valence-corrected chi connectivity index (χ4v) is 4.38. The number of allylic oxidation sites excluding steroid dienone is 1. The second kappa shape index (κ2) is 8.11. The van der Waals surface area contributed by atoms with Gasteiger partial charge in [-0.3, -0.25) is 4.99 Å². The number of rotatable bonds is 6. The number of benzene rings is 1. The summed E-state index contributed by atoms with van der Waals surface area (Å²) in [5, 5.41) is 0. The predicted molar refractivity (Wildman–Crippen MR) is 117 cm³/mol. The Morgan fingerprint density at radius 1 is 1.08 bits per heavy atom. The molecule has 1 aromatic carbocycles. The zero-order chi connectivity index (χ0) is 19.5. The standard InChI is InChI=1S/C25H39N/c1-9-12-19(10-2)18(4)26-23(11-3)20-13-14-21-22(17-20)25(7,8)16-15-24(21,5)6/h11,13-14,17,19H,9-10,12,15-16H2,1-8H3/b23-11-,26-18?. The Morgan fingerprint density at radius 3 is 2.23 bits per heavy atom. The Hall–Kier alpha value is -1.37. The molecule has 0 fully saturated rings. The maximum Gasteiger partial charge on any atom is 0.0658 e. The van der Waals surface area contributed by atoms with Gasteiger partial charge in [0.25, 0.3) is 0 Å². The highest BCUT2D eigenvalue weighted by Crippen LogP contribution is 2.46. The van der Waals surface area contributed by atoms with Crippen molar-refractivity contribution in [1.29, 1.82) is 0 Å². The molecule has 1 aromatic rings. The molecular weight excluding hydrogens is 314 g/mol. The lowest BCUT2D eigenvalue weighted by atomic mass is 9.63. The van der Waals surface area contributed by atoms with Gasteiger partial charge in [-0.05, 0) is 73.5 Å². The van der Waals surface area contributed by atoms with Crippen LogP contribution in [-0.2, 0) is 10.8 Å². The molecule has 1 heteroatoms. The van der Waals surface area contributed by atoms with Crippen LogP contribution in [0.25, 0.3) is 5.70 Å². The van der Waals surface area contributed by atoms with Crippen LogP contribution in [-0.4, -0.2) is 5.71 Å². The van der Waals surface area contributed by atoms with E-state index in [0.29, 0.717) is 5.92 Å². The number of nitrogens with zero attached hydrogens (tertiary/aromatic N) is 1. The summed E-state index contributed by atoms with van der Waals surface area (Å²) in [6, 6.07) is 7.07. The van der Waals surface area contributed by atoms with Gasteiger partial charge in [0.1, 0.15) is 0 Å². The number of hydrogen-bond acceptors (Lipinski definition) is 1. The van der Waals surface area contributed by atoms with Gasteiger partial charge in [0.2, 0.25) is 0 Å². The van der Waals surface area contributed by atoms with E-state index in [1.165, 1.54) is 54.5 Å². The lowest BCUT2D eigenvalue weighted by Crippen LogP contribution is -2.33. The van der Waals surface area contributed by atoms with Gasteiger partial charge in [0.05, 0.1) is 5.70 Å². The van der Waals surface area contributed by atoms with Gasteiger partial charge in [0.15, 0.2) is 0 Å². The summed E-state index contributed by atoms with van der Waals surface area (Å²) >= 11 is 0. The van der Waals surface area contributed by atoms with Gasteiger partial charge in [-0.2, -0.15) is 0 Å². The number of hydrogen-bond donors (Lipinski definition) is 0. The maximum absolute atomic E-state index is 5.07. The van der Waals surface area contributed by atoms with Crippen LogP contribution in [0.4, 0.5) is 0 Å². The fourth-order valence-electron chi connectivity index (χ4n) is 4.38. The largest absolute Gasteiger partial charge is 0.258 e. The van der Waals surface area contributed by atoms with Crippen molar-refractivity contribution in [3.8, 4) is 0 Å². The first-order chi connectivity index (χ1) is 12.2. The number of aliphatic imine (C=N–C) groups is 1. The predicted octanol–water partition coefficient (Wildman–Crippen LogP) is 7.68. The molecule has 144 valence electrons. The molecule has 0 aliphatic heterocycles. The molecule has 0 N–H and O–H groups in total. The van der Waals surface area contributed by atoms with Crippen LogP contribution in [0.15, 0.2) is 29.3 Å². The second-order valence-electron chi connectivity index (χ2n) is 9.35. The van der Waals surface area contributed by atoms with Crippen LogP contribution in [0.3, 0.4) is 0 Å². The summed E-state index contributed by atoms with van der Waals surface area (Å²) in [5.41, 5.74) is 7.21. The van der Waals surface area contributed by atoms with Crippen LogP contribution < -0.4 is 0 Å². The summed E-state index contributed by atoms with van der Waals surface area (Å²) in [7, 11) is 0. The molecule has 1 unspecified atom stereocenters. The molecule has 1 atom stereocenters. The van der Waals surface area contributed by atoms with Crippen LogP contribution in [0.2, 0.25) is 0 Å². The zero-order valence-electron chi connectivity index (χ0n) is 18.4. The summed E-state index contributed by atoms with van der Waals surface area (Å²) in [5.74, 6) is 0.600. The van der Waals surface area contributed by atoms with E-state index >= 15 is 0 Å². The molecule has 1 aliphatic carbocycles.